The molecule has 0 saturated heterocycles. The molecule has 0 aliphatic carbocycles. The van der Waals surface area contributed by atoms with Gasteiger partial charge in [0.05, 0.1) is 0 Å². The van der Waals surface area contributed by atoms with Gasteiger partial charge in [0.25, 0.3) is 0 Å². The van der Waals surface area contributed by atoms with Crippen molar-refractivity contribution in [2.24, 2.45) is 5.92 Å². The molecule has 0 heterocycles. The Morgan fingerprint density at radius 2 is 2.00 bits per heavy atom. The topological polar surface area (TPSA) is 0 Å². The standard InChI is InChI=1S/C6H13.Rf/c1-4-6(3)5-2;/h6H,1,4-5H2,2-3H3;/q-1;. The Kier molecular flexibility index (Phi) is 6.70. The fourth-order valence-electron chi connectivity index (χ4n) is 0.204. The van der Waals surface area contributed by atoms with Gasteiger partial charge in [-0.3, -0.25) is 0 Å². The zero-order chi connectivity index (χ0) is 4.99. The van der Waals surface area contributed by atoms with Crippen molar-refractivity contribution in [3.63, 3.8) is 0 Å². The Morgan fingerprint density at radius 1 is 1.57 bits per heavy atom. The summed E-state index contributed by atoms with van der Waals surface area (Å²) >= 11 is 0. The average molecular weight is 352 g/mol. The second-order valence-corrected chi connectivity index (χ2v) is 1.80. The SMILES string of the molecule is [CH2-]CC(C)CC.[Rf]. The first-order valence-corrected chi connectivity index (χ1v) is 2.60. The van der Waals surface area contributed by atoms with Gasteiger partial charge in [-0.25, -0.2) is 0 Å². The van der Waals surface area contributed by atoms with Crippen LogP contribution in [0, 0.1) is 12.8 Å². The maximum atomic E-state index is 3.76. The molecule has 1 heteroatoms. The van der Waals surface area contributed by atoms with Crippen LogP contribution in [0.4, 0.5) is 0 Å². The summed E-state index contributed by atoms with van der Waals surface area (Å²) in [6.45, 7) is 8.16. The Balaban J connectivity index is 0. The number of rotatable bonds is 2. The zero-order valence-corrected chi connectivity index (χ0v) is 11.8. The van der Waals surface area contributed by atoms with E-state index in [2.05, 4.69) is 20.8 Å². The van der Waals surface area contributed by atoms with E-state index < -0.39 is 0 Å². The van der Waals surface area contributed by atoms with E-state index in [0.717, 1.165) is 12.3 Å². The van der Waals surface area contributed by atoms with Crippen molar-refractivity contribution in [2.75, 3.05) is 0 Å². The first-order chi connectivity index (χ1) is 2.81. The second-order valence-electron chi connectivity index (χ2n) is 1.80. The van der Waals surface area contributed by atoms with Gasteiger partial charge in [-0.15, -0.1) is 0 Å². The Labute approximate surface area is 40.6 Å². The largest absolute Gasteiger partial charge is 0.343 e. The zero-order valence-electron chi connectivity index (χ0n) is 5.41. The fourth-order valence-corrected chi connectivity index (χ4v) is 0.204. The van der Waals surface area contributed by atoms with Gasteiger partial charge in [-0.2, -0.15) is 6.42 Å². The molecule has 0 amide bonds. The van der Waals surface area contributed by atoms with E-state index in [1.54, 1.807) is 0 Å². The van der Waals surface area contributed by atoms with Crippen LogP contribution in [-0.2, 0) is 0 Å². The summed E-state index contributed by atoms with van der Waals surface area (Å²) in [6.07, 6.45) is 2.35. The van der Waals surface area contributed by atoms with Gasteiger partial charge in [0.2, 0.25) is 0 Å². The van der Waals surface area contributed by atoms with Gasteiger partial charge >= 0.3 is 0 Å². The van der Waals surface area contributed by atoms with E-state index in [4.69, 9.17) is 0 Å². The minimum Gasteiger partial charge on any atom is -0.343 e. The minimum atomic E-state index is 0. The summed E-state index contributed by atoms with van der Waals surface area (Å²) in [5.41, 5.74) is 0. The molecule has 0 spiro atoms. The van der Waals surface area contributed by atoms with Gasteiger partial charge in [0.15, 0.2) is 0 Å². The summed E-state index contributed by atoms with van der Waals surface area (Å²) in [5.74, 6) is 0.824. The van der Waals surface area contributed by atoms with Crippen molar-refractivity contribution >= 4 is 0 Å². The minimum absolute atomic E-state index is 0. The normalized spacial score (nSPS) is 12.4. The molecule has 0 rings (SSSR count). The van der Waals surface area contributed by atoms with E-state index in [-0.39, 0.29) is 0 Å². The van der Waals surface area contributed by atoms with E-state index >= 15 is 0 Å². The molecule has 1 atom stereocenters. The molecule has 0 aliphatic heterocycles. The van der Waals surface area contributed by atoms with Crippen molar-refractivity contribution in [1.29, 1.82) is 0 Å². The van der Waals surface area contributed by atoms with Gasteiger partial charge in [0, 0.05) is 0 Å². The smallest absolute Gasteiger partial charge is 0 e. The Hall–Kier alpha value is -1.00. The molecule has 0 aliphatic rings. The van der Waals surface area contributed by atoms with Gasteiger partial charge in [0.1, 0.15) is 0 Å². The summed E-state index contributed by atoms with van der Waals surface area (Å²) in [5, 5.41) is 0. The van der Waals surface area contributed by atoms with Crippen LogP contribution in [0.3, 0.4) is 0 Å². The van der Waals surface area contributed by atoms with Crippen LogP contribution in [0.2, 0.25) is 0 Å². The van der Waals surface area contributed by atoms with Crippen LogP contribution < -0.4 is 0 Å². The third-order valence-corrected chi connectivity index (χ3v) is 1.19. The molecule has 0 nitrogen and oxygen atoms in total. The van der Waals surface area contributed by atoms with Crippen LogP contribution in [0.25, 0.3) is 0 Å². The third-order valence-electron chi connectivity index (χ3n) is 1.19. The molecule has 0 saturated carbocycles. The van der Waals surface area contributed by atoms with Gasteiger partial charge < -0.3 is 6.92 Å². The molecule has 7 heavy (non-hydrogen) atoms. The molecule has 40 valence electrons. The summed E-state index contributed by atoms with van der Waals surface area (Å²) in [7, 11) is 0. The summed E-state index contributed by atoms with van der Waals surface area (Å²) in [4.78, 5) is 0. The van der Waals surface area contributed by atoms with Crippen LogP contribution in [0.5, 0.6) is 0 Å². The molecule has 0 radical (unpaired) electrons. The fraction of sp³-hybridized carbons (Fsp3) is 0.833. The van der Waals surface area contributed by atoms with E-state index in [0.29, 0.717) is 0 Å². The van der Waals surface area contributed by atoms with Gasteiger partial charge in [-0.05, 0) is 0 Å². The molecule has 1 unspecified atom stereocenters. The van der Waals surface area contributed by atoms with Crippen molar-refractivity contribution in [2.45, 2.75) is 26.7 Å². The first-order valence-electron chi connectivity index (χ1n) is 2.60. The predicted molar refractivity (Wildman–Crippen MR) is 29.4 cm³/mol. The monoisotopic (exact) mass is 352 g/mol. The molecule has 0 bridgehead atoms. The van der Waals surface area contributed by atoms with Crippen LogP contribution in [-0.4, -0.2) is 0 Å². The van der Waals surface area contributed by atoms with E-state index in [9.17, 15) is 0 Å². The van der Waals surface area contributed by atoms with Crippen molar-refractivity contribution in [1.82, 2.24) is 0 Å². The molecular weight excluding hydrogens is 339 g/mol. The maximum Gasteiger partial charge on any atom is 0 e. The molecule has 0 N–H and O–H groups in total. The van der Waals surface area contributed by atoms with Crippen molar-refractivity contribution in [3.05, 3.63) is 6.92 Å². The summed E-state index contributed by atoms with van der Waals surface area (Å²) in [6, 6.07) is 0. The quantitative estimate of drug-likeness (QED) is 0.669. The molecular formula is C6H13Rf-. The predicted octanol–water partition coefficient (Wildman–Crippen LogP) is 2.26. The van der Waals surface area contributed by atoms with E-state index in [1.165, 1.54) is 6.42 Å². The molecule has 0 fully saturated rings. The second kappa shape index (κ2) is 5.00. The molecule has 0 aromatic rings. The van der Waals surface area contributed by atoms with Crippen LogP contribution in [0.1, 0.15) is 26.7 Å². The number of hydrogen-bond donors (Lipinski definition) is 0. The number of hydrogen-bond acceptors (Lipinski definition) is 0. The third kappa shape index (κ3) is 5.00. The molecule has 0 aromatic heterocycles. The van der Waals surface area contributed by atoms with Crippen LogP contribution >= 0.6 is 0 Å². The van der Waals surface area contributed by atoms with Crippen LogP contribution in [0.15, 0.2) is 0 Å². The summed E-state index contributed by atoms with van der Waals surface area (Å²) < 4.78 is 0. The van der Waals surface area contributed by atoms with Crippen molar-refractivity contribution in [3.8, 4) is 0 Å². The Morgan fingerprint density at radius 3 is 2.00 bits per heavy atom. The average Bonchev–Trinajstić information content (AvgIpc) is 1.65. The first kappa shape index (κ1) is 9.38. The maximum absolute atomic E-state index is 3.76. The van der Waals surface area contributed by atoms with E-state index in [1.807, 2.05) is 0 Å². The molecule has 0 aromatic carbocycles. The van der Waals surface area contributed by atoms with Gasteiger partial charge in [-0.1, -0.05) is 26.2 Å². The van der Waals surface area contributed by atoms with Crippen molar-refractivity contribution < 1.29 is 0 Å². The Bertz CT molecular complexity index is 23.4.